The lowest BCUT2D eigenvalue weighted by atomic mass is 10.1. The lowest BCUT2D eigenvalue weighted by molar-refractivity contribution is 0.0940. The van der Waals surface area contributed by atoms with Crippen LogP contribution in [0.5, 0.6) is 5.75 Å². The van der Waals surface area contributed by atoms with Gasteiger partial charge in [0.05, 0.1) is 16.0 Å². The predicted octanol–water partition coefficient (Wildman–Crippen LogP) is 2.56. The van der Waals surface area contributed by atoms with Gasteiger partial charge in [0.15, 0.2) is 21.0 Å². The van der Waals surface area contributed by atoms with Crippen LogP contribution in [0.3, 0.4) is 0 Å². The Balaban J connectivity index is 1.62. The zero-order chi connectivity index (χ0) is 26.0. The molecule has 0 spiro atoms. The molecule has 0 aliphatic rings. The maximum absolute atomic E-state index is 13.8. The van der Waals surface area contributed by atoms with Crippen molar-refractivity contribution in [2.45, 2.75) is 17.9 Å². The number of hydrogen-bond donors (Lipinski definition) is 3. The average Bonchev–Trinajstić information content (AvgIpc) is 2.86. The van der Waals surface area contributed by atoms with Gasteiger partial charge in [0.25, 0.3) is 5.91 Å². The summed E-state index contributed by atoms with van der Waals surface area (Å²) >= 11 is 0. The number of sulfone groups is 1. The summed E-state index contributed by atoms with van der Waals surface area (Å²) in [7, 11) is -3.61. The minimum Gasteiger partial charge on any atom is -0.506 e. The van der Waals surface area contributed by atoms with Gasteiger partial charge >= 0.3 is 5.56 Å². The van der Waals surface area contributed by atoms with Crippen molar-refractivity contribution < 1.29 is 32.3 Å². The molecular formula is C24H19F2N3O6S. The minimum absolute atomic E-state index is 0.00443. The molecule has 9 nitrogen and oxygen atoms in total. The lowest BCUT2D eigenvalue weighted by Gasteiger charge is -2.12. The van der Waals surface area contributed by atoms with Crippen molar-refractivity contribution in [2.75, 3.05) is 5.75 Å². The summed E-state index contributed by atoms with van der Waals surface area (Å²) in [6, 6.07) is 11.8. The summed E-state index contributed by atoms with van der Waals surface area (Å²) in [6.07, 6.45) is 1.24. The number of fused-ring (bicyclic) bond motifs is 1. The third-order valence-electron chi connectivity index (χ3n) is 5.47. The van der Waals surface area contributed by atoms with Crippen LogP contribution in [-0.2, 0) is 22.8 Å². The molecule has 4 aromatic rings. The molecule has 0 atom stereocenters. The monoisotopic (exact) mass is 515 g/mol. The Kier molecular flexibility index (Phi) is 6.71. The van der Waals surface area contributed by atoms with E-state index < -0.39 is 50.8 Å². The molecule has 0 aliphatic carbocycles. The van der Waals surface area contributed by atoms with Crippen molar-refractivity contribution in [3.05, 3.63) is 99.5 Å². The molecule has 0 fully saturated rings. The maximum atomic E-state index is 13.8. The molecule has 0 unspecified atom stereocenters. The van der Waals surface area contributed by atoms with Gasteiger partial charge in [0.2, 0.25) is 0 Å². The molecule has 1 amide bonds. The van der Waals surface area contributed by atoms with E-state index in [-0.39, 0.29) is 38.4 Å². The molecule has 36 heavy (non-hydrogen) atoms. The molecule has 0 saturated carbocycles. The Morgan fingerprint density at radius 2 is 1.81 bits per heavy atom. The van der Waals surface area contributed by atoms with Gasteiger partial charge in [0, 0.05) is 24.4 Å². The van der Waals surface area contributed by atoms with Gasteiger partial charge in [-0.05, 0) is 36.2 Å². The fourth-order valence-corrected chi connectivity index (χ4v) is 4.86. The maximum Gasteiger partial charge on any atom is 0.301 e. The number of carbonyl (C=O) groups excluding carboxylic acids is 1. The molecule has 186 valence electrons. The SMILES string of the molecule is O=C(NCc1ccc(F)cc1F)c1c(O)c2cc(CCS(=O)(=O)c3ccccc3)cnc2n(O)c1=O. The highest BCUT2D eigenvalue weighted by Gasteiger charge is 2.24. The quantitative estimate of drug-likeness (QED) is 0.322. The highest BCUT2D eigenvalue weighted by Crippen LogP contribution is 2.26. The first-order valence-electron chi connectivity index (χ1n) is 10.5. The minimum atomic E-state index is -3.61. The first-order chi connectivity index (χ1) is 17.1. The molecule has 2 aromatic carbocycles. The second-order valence-electron chi connectivity index (χ2n) is 7.86. The summed E-state index contributed by atoms with van der Waals surface area (Å²) < 4.78 is 52.1. The molecule has 4 rings (SSSR count). The number of halogens is 2. The van der Waals surface area contributed by atoms with Crippen molar-refractivity contribution in [2.24, 2.45) is 0 Å². The normalized spacial score (nSPS) is 11.5. The van der Waals surface area contributed by atoms with Crippen molar-refractivity contribution in [3.8, 4) is 5.75 Å². The number of nitrogens with zero attached hydrogens (tertiary/aromatic N) is 2. The Labute approximate surface area is 203 Å². The molecule has 2 aromatic heterocycles. The van der Waals surface area contributed by atoms with Crippen molar-refractivity contribution in [1.82, 2.24) is 15.0 Å². The fraction of sp³-hybridized carbons (Fsp3) is 0.125. The summed E-state index contributed by atoms with van der Waals surface area (Å²) in [6.45, 7) is -0.428. The van der Waals surface area contributed by atoms with Crippen LogP contribution in [0.4, 0.5) is 8.78 Å². The van der Waals surface area contributed by atoms with E-state index in [4.69, 9.17) is 0 Å². The van der Waals surface area contributed by atoms with E-state index in [0.29, 0.717) is 11.6 Å². The molecule has 0 saturated heterocycles. The Bertz CT molecular complexity index is 1640. The number of nitrogens with one attached hydrogen (secondary N) is 1. The third kappa shape index (κ3) is 4.89. The van der Waals surface area contributed by atoms with Crippen LogP contribution in [-0.4, -0.2) is 40.1 Å². The van der Waals surface area contributed by atoms with Crippen molar-refractivity contribution in [3.63, 3.8) is 0 Å². The Morgan fingerprint density at radius 1 is 1.08 bits per heavy atom. The highest BCUT2D eigenvalue weighted by molar-refractivity contribution is 7.91. The number of aromatic hydroxyl groups is 1. The first kappa shape index (κ1) is 24.8. The van der Waals surface area contributed by atoms with Gasteiger partial charge in [-0.2, -0.15) is 0 Å². The second-order valence-corrected chi connectivity index (χ2v) is 9.96. The molecule has 2 heterocycles. The molecular weight excluding hydrogens is 496 g/mol. The number of carbonyl (C=O) groups is 1. The van der Waals surface area contributed by atoms with E-state index in [1.807, 2.05) is 0 Å². The number of aromatic nitrogens is 2. The van der Waals surface area contributed by atoms with Gasteiger partial charge in [-0.25, -0.2) is 22.2 Å². The van der Waals surface area contributed by atoms with E-state index in [0.717, 1.165) is 12.1 Å². The van der Waals surface area contributed by atoms with Crippen LogP contribution in [0.15, 0.2) is 70.5 Å². The van der Waals surface area contributed by atoms with Crippen molar-refractivity contribution in [1.29, 1.82) is 0 Å². The zero-order valence-corrected chi connectivity index (χ0v) is 19.3. The van der Waals surface area contributed by atoms with Crippen LogP contribution in [0.2, 0.25) is 0 Å². The van der Waals surface area contributed by atoms with Crippen molar-refractivity contribution >= 4 is 26.8 Å². The van der Waals surface area contributed by atoms with Gasteiger partial charge in [-0.15, -0.1) is 4.73 Å². The number of rotatable bonds is 7. The molecule has 0 aliphatic heterocycles. The number of pyridine rings is 2. The summed E-state index contributed by atoms with van der Waals surface area (Å²) in [4.78, 5) is 29.2. The van der Waals surface area contributed by atoms with E-state index in [2.05, 4.69) is 10.3 Å². The van der Waals surface area contributed by atoms with Gasteiger partial charge < -0.3 is 15.6 Å². The van der Waals surface area contributed by atoms with Crippen LogP contribution in [0, 0.1) is 11.6 Å². The van der Waals surface area contributed by atoms with Gasteiger partial charge in [-0.3, -0.25) is 9.59 Å². The van der Waals surface area contributed by atoms with Crippen LogP contribution in [0.1, 0.15) is 21.5 Å². The third-order valence-corrected chi connectivity index (χ3v) is 7.20. The fourth-order valence-electron chi connectivity index (χ4n) is 3.55. The summed E-state index contributed by atoms with van der Waals surface area (Å²) in [5, 5.41) is 23.0. The molecule has 12 heteroatoms. The number of benzene rings is 2. The predicted molar refractivity (Wildman–Crippen MR) is 125 cm³/mol. The summed E-state index contributed by atoms with van der Waals surface area (Å²) in [5.41, 5.74) is -2.17. The topological polar surface area (TPSA) is 139 Å². The number of hydrogen-bond acceptors (Lipinski definition) is 7. The Morgan fingerprint density at radius 3 is 2.50 bits per heavy atom. The largest absolute Gasteiger partial charge is 0.506 e. The highest BCUT2D eigenvalue weighted by atomic mass is 32.2. The van der Waals surface area contributed by atoms with Gasteiger partial charge in [-0.1, -0.05) is 24.3 Å². The summed E-state index contributed by atoms with van der Waals surface area (Å²) in [5.74, 6) is -3.92. The first-order valence-corrected chi connectivity index (χ1v) is 12.2. The second kappa shape index (κ2) is 9.74. The van der Waals surface area contributed by atoms with E-state index in [1.165, 1.54) is 24.4 Å². The van der Waals surface area contributed by atoms with E-state index in [1.54, 1.807) is 18.2 Å². The van der Waals surface area contributed by atoms with Crippen LogP contribution >= 0.6 is 0 Å². The molecule has 0 bridgehead atoms. The van der Waals surface area contributed by atoms with Crippen LogP contribution < -0.4 is 10.9 Å². The molecule has 3 N–H and O–H groups in total. The van der Waals surface area contributed by atoms with Crippen LogP contribution in [0.25, 0.3) is 11.0 Å². The standard InChI is InChI=1S/C24H19F2N3O6S/c25-16-7-6-15(19(26)11-16)13-28-23(31)20-21(30)18-10-14(12-27-22(18)29(33)24(20)32)8-9-36(34,35)17-4-2-1-3-5-17/h1-7,10-12,30,33H,8-9,13H2,(H,28,31). The smallest absolute Gasteiger partial charge is 0.301 e. The van der Waals surface area contributed by atoms with E-state index in [9.17, 15) is 37.1 Å². The number of aryl methyl sites for hydroxylation is 1. The average molecular weight is 515 g/mol. The number of amides is 1. The van der Waals surface area contributed by atoms with Gasteiger partial charge in [0.1, 0.15) is 17.4 Å². The van der Waals surface area contributed by atoms with E-state index >= 15 is 0 Å². The lowest BCUT2D eigenvalue weighted by Crippen LogP contribution is -2.33. The molecule has 0 radical (unpaired) electrons. The Hall–Kier alpha value is -4.32. The zero-order valence-electron chi connectivity index (χ0n) is 18.5.